The van der Waals surface area contributed by atoms with Crippen LogP contribution in [0.5, 0.6) is 0 Å². The highest BCUT2D eigenvalue weighted by Crippen LogP contribution is 2.26. The lowest BCUT2D eigenvalue weighted by Gasteiger charge is -2.06. The van der Waals surface area contributed by atoms with E-state index in [9.17, 15) is 0 Å². The summed E-state index contributed by atoms with van der Waals surface area (Å²) in [4.78, 5) is 18.3. The van der Waals surface area contributed by atoms with Crippen molar-refractivity contribution >= 4 is 40.0 Å². The average molecular weight is 402 g/mol. The summed E-state index contributed by atoms with van der Waals surface area (Å²) in [5.41, 5.74) is 4.18. The molecule has 8 heteroatoms. The number of halogens is 1. The van der Waals surface area contributed by atoms with Crippen molar-refractivity contribution in [3.8, 4) is 11.4 Å². The van der Waals surface area contributed by atoms with Gasteiger partial charge in [0.2, 0.25) is 11.9 Å². The number of anilines is 2. The van der Waals surface area contributed by atoms with E-state index in [1.807, 2.05) is 68.4 Å². The van der Waals surface area contributed by atoms with E-state index in [0.717, 1.165) is 27.9 Å². The van der Waals surface area contributed by atoms with Crippen molar-refractivity contribution in [1.29, 1.82) is 0 Å². The lowest BCUT2D eigenvalue weighted by Crippen LogP contribution is -2.02. The molecule has 0 spiro atoms. The van der Waals surface area contributed by atoms with Crippen molar-refractivity contribution in [3.63, 3.8) is 0 Å². The van der Waals surface area contributed by atoms with Gasteiger partial charge in [-0.25, -0.2) is 15.0 Å². The average Bonchev–Trinajstić information content (AvgIpc) is 3.11. The molecule has 3 heterocycles. The number of fused-ring (bicyclic) bond motifs is 3. The number of aryl methyl sites for hydroxylation is 2. The molecule has 0 saturated carbocycles. The number of benzene rings is 2. The van der Waals surface area contributed by atoms with Crippen LogP contribution < -0.4 is 5.32 Å². The van der Waals surface area contributed by atoms with E-state index in [1.54, 1.807) is 4.52 Å². The van der Waals surface area contributed by atoms with Crippen molar-refractivity contribution in [2.45, 2.75) is 13.8 Å². The maximum absolute atomic E-state index is 6.05. The summed E-state index contributed by atoms with van der Waals surface area (Å²) in [5.74, 6) is 1.55. The minimum Gasteiger partial charge on any atom is -0.291 e. The Morgan fingerprint density at radius 1 is 0.828 bits per heavy atom. The zero-order chi connectivity index (χ0) is 20.0. The molecule has 142 valence electrons. The topological polar surface area (TPSA) is 80.9 Å². The number of hydrogen-bond donors (Lipinski definition) is 1. The smallest absolute Gasteiger partial charge is 0.250 e. The predicted octanol–water partition coefficient (Wildman–Crippen LogP) is 4.75. The van der Waals surface area contributed by atoms with E-state index >= 15 is 0 Å². The molecule has 5 aromatic rings. The van der Waals surface area contributed by atoms with Crippen LogP contribution in [-0.4, -0.2) is 29.5 Å². The second kappa shape index (κ2) is 6.79. The maximum Gasteiger partial charge on any atom is 0.250 e. The van der Waals surface area contributed by atoms with E-state index in [2.05, 4.69) is 20.4 Å². The molecule has 29 heavy (non-hydrogen) atoms. The first kappa shape index (κ1) is 17.5. The Morgan fingerprint density at radius 2 is 1.55 bits per heavy atom. The van der Waals surface area contributed by atoms with Gasteiger partial charge in [-0.2, -0.15) is 9.50 Å². The van der Waals surface area contributed by atoms with Crippen molar-refractivity contribution in [3.05, 3.63) is 71.0 Å². The van der Waals surface area contributed by atoms with E-state index in [4.69, 9.17) is 21.6 Å². The Balaban J connectivity index is 1.71. The highest BCUT2D eigenvalue weighted by atomic mass is 35.5. The normalized spacial score (nSPS) is 11.3. The molecule has 0 atom stereocenters. The summed E-state index contributed by atoms with van der Waals surface area (Å²) >= 11 is 6.05. The molecule has 2 aromatic carbocycles. The molecule has 0 aliphatic rings. The van der Waals surface area contributed by atoms with E-state index < -0.39 is 0 Å². The third-order valence-electron chi connectivity index (χ3n) is 4.49. The molecule has 5 rings (SSSR count). The van der Waals surface area contributed by atoms with E-state index in [-0.39, 0.29) is 0 Å². The van der Waals surface area contributed by atoms with Gasteiger partial charge >= 0.3 is 0 Å². The molecule has 0 aliphatic carbocycles. The summed E-state index contributed by atoms with van der Waals surface area (Å²) in [7, 11) is 0. The fourth-order valence-corrected chi connectivity index (χ4v) is 3.40. The molecule has 0 bridgehead atoms. The van der Waals surface area contributed by atoms with Crippen molar-refractivity contribution in [2.24, 2.45) is 0 Å². The van der Waals surface area contributed by atoms with E-state index in [1.165, 1.54) is 0 Å². The first-order valence-corrected chi connectivity index (χ1v) is 9.45. The van der Waals surface area contributed by atoms with Gasteiger partial charge in [0.25, 0.3) is 0 Å². The molecule has 0 radical (unpaired) electrons. The Morgan fingerprint density at radius 3 is 2.31 bits per heavy atom. The number of aromatic nitrogens is 6. The van der Waals surface area contributed by atoms with Crippen LogP contribution in [0.2, 0.25) is 5.02 Å². The Hall–Kier alpha value is -3.58. The van der Waals surface area contributed by atoms with Gasteiger partial charge in [0.15, 0.2) is 11.5 Å². The summed E-state index contributed by atoms with van der Waals surface area (Å²) in [6, 6.07) is 17.3. The molecule has 1 N–H and O–H groups in total. The van der Waals surface area contributed by atoms with Gasteiger partial charge in [-0.15, -0.1) is 5.10 Å². The molecular weight excluding hydrogens is 386 g/mol. The van der Waals surface area contributed by atoms with Crippen molar-refractivity contribution < 1.29 is 0 Å². The molecule has 0 saturated heterocycles. The summed E-state index contributed by atoms with van der Waals surface area (Å²) in [5, 5.41) is 9.32. The number of rotatable bonds is 3. The molecule has 0 aliphatic heterocycles. The molecule has 0 fully saturated rings. The van der Waals surface area contributed by atoms with Gasteiger partial charge in [0.05, 0.1) is 5.52 Å². The molecule has 7 nitrogen and oxygen atoms in total. The van der Waals surface area contributed by atoms with Crippen LogP contribution in [0.15, 0.2) is 54.6 Å². The van der Waals surface area contributed by atoms with Gasteiger partial charge < -0.3 is 0 Å². The monoisotopic (exact) mass is 401 g/mol. The van der Waals surface area contributed by atoms with Gasteiger partial charge in [0.1, 0.15) is 0 Å². The quantitative estimate of drug-likeness (QED) is 0.470. The maximum atomic E-state index is 6.05. The Bertz CT molecular complexity index is 1340. The zero-order valence-corrected chi connectivity index (χ0v) is 16.5. The molecule has 3 aromatic heterocycles. The van der Waals surface area contributed by atoms with Crippen LogP contribution >= 0.6 is 11.6 Å². The summed E-state index contributed by atoms with van der Waals surface area (Å²) in [6.07, 6.45) is 0. The standard InChI is InChI=1S/C21H16ClN7/c1-12-11-13(2)24-20(23-12)27-21-26-19-16-5-3-4-6-17(16)25-18(29(19)28-21)14-7-9-15(22)10-8-14/h3-11H,1-2H3,(H,23,24,27,28). The number of para-hydroxylation sites is 1. The van der Waals surface area contributed by atoms with Crippen molar-refractivity contribution in [1.82, 2.24) is 29.5 Å². The fourth-order valence-electron chi connectivity index (χ4n) is 3.28. The van der Waals surface area contributed by atoms with Crippen molar-refractivity contribution in [2.75, 3.05) is 5.32 Å². The summed E-state index contributed by atoms with van der Waals surface area (Å²) < 4.78 is 1.73. The van der Waals surface area contributed by atoms with Crippen LogP contribution in [0.3, 0.4) is 0 Å². The third kappa shape index (κ3) is 3.25. The van der Waals surface area contributed by atoms with Crippen LogP contribution in [0.1, 0.15) is 11.4 Å². The lowest BCUT2D eigenvalue weighted by atomic mass is 10.2. The molecule has 0 unspecified atom stereocenters. The second-order valence-corrected chi connectivity index (χ2v) is 7.17. The first-order chi connectivity index (χ1) is 14.1. The van der Waals surface area contributed by atoms with Gasteiger partial charge in [-0.05, 0) is 56.3 Å². The lowest BCUT2D eigenvalue weighted by molar-refractivity contribution is 0.944. The van der Waals surface area contributed by atoms with Crippen LogP contribution in [0, 0.1) is 13.8 Å². The van der Waals surface area contributed by atoms with Gasteiger partial charge in [-0.3, -0.25) is 5.32 Å². The molecular formula is C21H16ClN7. The van der Waals surface area contributed by atoms with Gasteiger partial charge in [-0.1, -0.05) is 23.7 Å². The van der Waals surface area contributed by atoms with Crippen LogP contribution in [0.4, 0.5) is 11.9 Å². The predicted molar refractivity (Wildman–Crippen MR) is 114 cm³/mol. The largest absolute Gasteiger partial charge is 0.291 e. The van der Waals surface area contributed by atoms with Gasteiger partial charge in [0, 0.05) is 27.4 Å². The molecule has 0 amide bonds. The highest BCUT2D eigenvalue weighted by Gasteiger charge is 2.15. The van der Waals surface area contributed by atoms with Crippen LogP contribution in [-0.2, 0) is 0 Å². The highest BCUT2D eigenvalue weighted by molar-refractivity contribution is 6.30. The number of hydrogen-bond acceptors (Lipinski definition) is 6. The SMILES string of the molecule is Cc1cc(C)nc(Nc2nc3c4ccccc4nc(-c4ccc(Cl)cc4)n3n2)n1. The first-order valence-electron chi connectivity index (χ1n) is 9.07. The fraction of sp³-hybridized carbons (Fsp3) is 0.0952. The third-order valence-corrected chi connectivity index (χ3v) is 4.74. The Kier molecular flexibility index (Phi) is 4.10. The Labute approximate surface area is 171 Å². The minimum atomic E-state index is 0.406. The number of nitrogens with one attached hydrogen (secondary N) is 1. The number of nitrogens with zero attached hydrogens (tertiary/aromatic N) is 6. The summed E-state index contributed by atoms with van der Waals surface area (Å²) in [6.45, 7) is 3.85. The van der Waals surface area contributed by atoms with E-state index in [0.29, 0.717) is 28.4 Å². The van der Waals surface area contributed by atoms with Crippen LogP contribution in [0.25, 0.3) is 27.9 Å². The zero-order valence-electron chi connectivity index (χ0n) is 15.8. The minimum absolute atomic E-state index is 0.406. The second-order valence-electron chi connectivity index (χ2n) is 6.73.